The number of benzene rings is 2. The van der Waals surface area contributed by atoms with Crippen LogP contribution < -0.4 is 9.47 Å². The zero-order valence-electron chi connectivity index (χ0n) is 12.6. The Hall–Kier alpha value is -1.71. The van der Waals surface area contributed by atoms with Crippen LogP contribution in [0.5, 0.6) is 17.2 Å². The summed E-state index contributed by atoms with van der Waals surface area (Å²) in [5, 5.41) is 10.7. The molecule has 0 aromatic heterocycles. The molecule has 0 radical (unpaired) electrons. The molecule has 4 heteroatoms. The lowest BCUT2D eigenvalue weighted by atomic mass is 10.1. The molecule has 0 aliphatic carbocycles. The lowest BCUT2D eigenvalue weighted by Gasteiger charge is -2.17. The minimum absolute atomic E-state index is 0.575. The van der Waals surface area contributed by atoms with E-state index in [0.717, 1.165) is 16.1 Å². The van der Waals surface area contributed by atoms with Gasteiger partial charge in [0.2, 0.25) is 0 Å². The number of aliphatic hydroxyl groups is 1. The Balaban J connectivity index is 2.44. The summed E-state index contributed by atoms with van der Waals surface area (Å²) in [6, 6.07) is 9.19. The van der Waals surface area contributed by atoms with E-state index in [2.05, 4.69) is 0 Å². The van der Waals surface area contributed by atoms with Gasteiger partial charge in [0.15, 0.2) is 0 Å². The van der Waals surface area contributed by atoms with E-state index in [1.54, 1.807) is 20.1 Å². The third-order valence-electron chi connectivity index (χ3n) is 3.30. The van der Waals surface area contributed by atoms with E-state index < -0.39 is 6.10 Å². The molecule has 2 aromatic carbocycles. The number of hydrogen-bond donors (Lipinski definition) is 1. The Morgan fingerprint density at radius 1 is 1.10 bits per heavy atom. The van der Waals surface area contributed by atoms with E-state index in [1.807, 2.05) is 38.1 Å². The fourth-order valence-electron chi connectivity index (χ4n) is 2.29. The largest absolute Gasteiger partial charge is 0.496 e. The van der Waals surface area contributed by atoms with Crippen molar-refractivity contribution in [2.24, 2.45) is 0 Å². The van der Waals surface area contributed by atoms with Gasteiger partial charge >= 0.3 is 0 Å². The summed E-state index contributed by atoms with van der Waals surface area (Å²) < 4.78 is 11.2. The van der Waals surface area contributed by atoms with E-state index in [4.69, 9.17) is 21.1 Å². The molecule has 1 atom stereocenters. The maximum absolute atomic E-state index is 9.97. The van der Waals surface area contributed by atoms with Crippen molar-refractivity contribution in [1.82, 2.24) is 0 Å². The third-order valence-corrected chi connectivity index (χ3v) is 3.90. The van der Waals surface area contributed by atoms with Gasteiger partial charge in [0.25, 0.3) is 0 Å². The first kappa shape index (κ1) is 15.7. The van der Waals surface area contributed by atoms with Crippen molar-refractivity contribution in [2.45, 2.75) is 26.9 Å². The smallest absolute Gasteiger partial charge is 0.136 e. The molecule has 0 saturated heterocycles. The van der Waals surface area contributed by atoms with Gasteiger partial charge in [-0.25, -0.2) is 0 Å². The van der Waals surface area contributed by atoms with E-state index in [0.29, 0.717) is 22.8 Å². The molecule has 0 aliphatic rings. The van der Waals surface area contributed by atoms with Crippen LogP contribution >= 0.6 is 11.6 Å². The second kappa shape index (κ2) is 6.37. The quantitative estimate of drug-likeness (QED) is 0.881. The highest BCUT2D eigenvalue weighted by atomic mass is 35.5. The predicted molar refractivity (Wildman–Crippen MR) is 84.6 cm³/mol. The number of aryl methyl sites for hydroxylation is 2. The molecule has 0 spiro atoms. The van der Waals surface area contributed by atoms with Gasteiger partial charge < -0.3 is 14.6 Å². The maximum Gasteiger partial charge on any atom is 0.136 e. The molecule has 0 heterocycles. The topological polar surface area (TPSA) is 38.7 Å². The number of aliphatic hydroxyl groups excluding tert-OH is 1. The Bertz CT molecular complexity index is 627. The van der Waals surface area contributed by atoms with Crippen LogP contribution in [0.2, 0.25) is 5.02 Å². The number of ether oxygens (including phenoxy) is 2. The molecule has 0 aliphatic heterocycles. The van der Waals surface area contributed by atoms with Gasteiger partial charge in [-0.2, -0.15) is 0 Å². The summed E-state index contributed by atoms with van der Waals surface area (Å²) in [4.78, 5) is 0. The first-order valence-corrected chi connectivity index (χ1v) is 7.11. The normalized spacial score (nSPS) is 12.1. The number of hydrogen-bond acceptors (Lipinski definition) is 3. The molecule has 0 unspecified atom stereocenters. The van der Waals surface area contributed by atoms with Gasteiger partial charge in [0, 0.05) is 5.02 Å². The van der Waals surface area contributed by atoms with Crippen LogP contribution in [0.3, 0.4) is 0 Å². The minimum Gasteiger partial charge on any atom is -0.496 e. The summed E-state index contributed by atoms with van der Waals surface area (Å²) >= 11 is 6.17. The van der Waals surface area contributed by atoms with Crippen LogP contribution in [0.25, 0.3) is 0 Å². The fourth-order valence-corrected chi connectivity index (χ4v) is 2.40. The Morgan fingerprint density at radius 2 is 1.67 bits per heavy atom. The molecule has 1 N–H and O–H groups in total. The maximum atomic E-state index is 9.97. The van der Waals surface area contributed by atoms with Crippen molar-refractivity contribution in [3.8, 4) is 17.2 Å². The molecule has 2 rings (SSSR count). The van der Waals surface area contributed by atoms with Gasteiger partial charge in [-0.1, -0.05) is 17.7 Å². The summed E-state index contributed by atoms with van der Waals surface area (Å²) in [5.74, 6) is 1.86. The first-order valence-electron chi connectivity index (χ1n) is 6.73. The average Bonchev–Trinajstić information content (AvgIpc) is 2.44. The summed E-state index contributed by atoms with van der Waals surface area (Å²) in [7, 11) is 1.57. The number of halogens is 1. The third kappa shape index (κ3) is 3.31. The highest BCUT2D eigenvalue weighted by Gasteiger charge is 2.16. The van der Waals surface area contributed by atoms with Crippen molar-refractivity contribution in [2.75, 3.05) is 7.11 Å². The number of rotatable bonds is 4. The minimum atomic E-state index is -0.689. The van der Waals surface area contributed by atoms with Gasteiger partial charge in [0.05, 0.1) is 18.8 Å². The van der Waals surface area contributed by atoms with Crippen molar-refractivity contribution in [3.05, 3.63) is 52.0 Å². The molecular formula is C17H19ClO3. The highest BCUT2D eigenvalue weighted by Crippen LogP contribution is 2.37. The van der Waals surface area contributed by atoms with Crippen molar-refractivity contribution in [3.63, 3.8) is 0 Å². The summed E-state index contributed by atoms with van der Waals surface area (Å²) in [5.41, 5.74) is 2.53. The molecule has 0 saturated carbocycles. The van der Waals surface area contributed by atoms with E-state index in [-0.39, 0.29) is 0 Å². The highest BCUT2D eigenvalue weighted by molar-refractivity contribution is 6.32. The molecule has 2 aromatic rings. The molecule has 0 amide bonds. The summed E-state index contributed by atoms with van der Waals surface area (Å²) in [6.45, 7) is 5.55. The molecule has 21 heavy (non-hydrogen) atoms. The van der Waals surface area contributed by atoms with Crippen molar-refractivity contribution >= 4 is 11.6 Å². The Morgan fingerprint density at radius 3 is 2.19 bits per heavy atom. The van der Waals surface area contributed by atoms with Crippen LogP contribution in [-0.4, -0.2) is 12.2 Å². The fraction of sp³-hybridized carbons (Fsp3) is 0.294. The zero-order chi connectivity index (χ0) is 15.6. The average molecular weight is 307 g/mol. The van der Waals surface area contributed by atoms with E-state index in [9.17, 15) is 5.11 Å². The predicted octanol–water partition coefficient (Wildman–Crippen LogP) is 4.81. The molecule has 3 nitrogen and oxygen atoms in total. The van der Waals surface area contributed by atoms with Gasteiger partial charge in [-0.15, -0.1) is 0 Å². The van der Waals surface area contributed by atoms with Crippen LogP contribution in [-0.2, 0) is 0 Å². The van der Waals surface area contributed by atoms with Gasteiger partial charge in [0.1, 0.15) is 17.2 Å². The van der Waals surface area contributed by atoms with Crippen molar-refractivity contribution in [1.29, 1.82) is 0 Å². The van der Waals surface area contributed by atoms with Crippen LogP contribution in [0.15, 0.2) is 30.3 Å². The monoisotopic (exact) mass is 306 g/mol. The SMILES string of the molecule is COc1cccc(Oc2cc(C)c(Cl)c(C)c2)c1[C@H](C)O. The zero-order valence-corrected chi connectivity index (χ0v) is 13.4. The first-order chi connectivity index (χ1) is 9.93. The second-order valence-corrected chi connectivity index (χ2v) is 5.40. The van der Waals surface area contributed by atoms with Gasteiger partial charge in [-0.3, -0.25) is 0 Å². The van der Waals surface area contributed by atoms with Crippen LogP contribution in [0, 0.1) is 13.8 Å². The van der Waals surface area contributed by atoms with E-state index in [1.165, 1.54) is 0 Å². The van der Waals surface area contributed by atoms with E-state index >= 15 is 0 Å². The van der Waals surface area contributed by atoms with Gasteiger partial charge in [-0.05, 0) is 56.2 Å². The lowest BCUT2D eigenvalue weighted by molar-refractivity contribution is 0.190. The molecule has 0 bridgehead atoms. The Labute approximate surface area is 130 Å². The molecular weight excluding hydrogens is 288 g/mol. The lowest BCUT2D eigenvalue weighted by Crippen LogP contribution is -2.00. The van der Waals surface area contributed by atoms with Crippen LogP contribution in [0.4, 0.5) is 0 Å². The second-order valence-electron chi connectivity index (χ2n) is 5.02. The summed E-state index contributed by atoms with van der Waals surface area (Å²) in [6.07, 6.45) is -0.689. The Kier molecular flexibility index (Phi) is 4.76. The van der Waals surface area contributed by atoms with Crippen LogP contribution in [0.1, 0.15) is 29.7 Å². The molecule has 112 valence electrons. The number of methoxy groups -OCH3 is 1. The standard InChI is InChI=1S/C17H19ClO3/c1-10-8-13(9-11(2)17(10)18)21-15-7-5-6-14(20-4)16(15)12(3)19/h5-9,12,19H,1-4H3/t12-/m0/s1. The van der Waals surface area contributed by atoms with Crippen molar-refractivity contribution < 1.29 is 14.6 Å². The molecule has 0 fully saturated rings.